The van der Waals surface area contributed by atoms with Crippen molar-refractivity contribution < 1.29 is 9.53 Å². The zero-order valence-corrected chi connectivity index (χ0v) is 10.6. The molecule has 1 heterocycles. The molecule has 92 valence electrons. The molecule has 1 unspecified atom stereocenters. The molecular weight excluding hydrogens is 202 g/mol. The molecule has 1 atom stereocenters. The molecule has 2 rings (SSSR count). The Kier molecular flexibility index (Phi) is 2.99. The maximum atomic E-state index is 12.2. The van der Waals surface area contributed by atoms with Gasteiger partial charge in [0.25, 0.3) is 0 Å². The van der Waals surface area contributed by atoms with E-state index in [1.807, 2.05) is 20.8 Å². The fourth-order valence-corrected chi connectivity index (χ4v) is 2.62. The van der Waals surface area contributed by atoms with Gasteiger partial charge in [-0.1, -0.05) is 0 Å². The summed E-state index contributed by atoms with van der Waals surface area (Å²) >= 11 is 0. The highest BCUT2D eigenvalue weighted by Crippen LogP contribution is 2.55. The van der Waals surface area contributed by atoms with Crippen LogP contribution < -0.4 is 5.32 Å². The van der Waals surface area contributed by atoms with Gasteiger partial charge in [0.1, 0.15) is 5.60 Å². The van der Waals surface area contributed by atoms with Crippen LogP contribution in [0.15, 0.2) is 0 Å². The number of rotatable bonds is 2. The van der Waals surface area contributed by atoms with Gasteiger partial charge in [-0.05, 0) is 65.5 Å². The van der Waals surface area contributed by atoms with E-state index in [0.29, 0.717) is 5.92 Å². The highest BCUT2D eigenvalue weighted by molar-refractivity contribution is 5.80. The van der Waals surface area contributed by atoms with Crippen molar-refractivity contribution in [3.63, 3.8) is 0 Å². The SMILES string of the molecule is CC(C)(C)OC(=O)C1(C2CCCNC2)CC1. The lowest BCUT2D eigenvalue weighted by Gasteiger charge is -2.31. The van der Waals surface area contributed by atoms with Crippen molar-refractivity contribution >= 4 is 5.97 Å². The molecule has 0 bridgehead atoms. The largest absolute Gasteiger partial charge is 0.460 e. The van der Waals surface area contributed by atoms with E-state index in [4.69, 9.17) is 4.74 Å². The van der Waals surface area contributed by atoms with Crippen molar-refractivity contribution in [1.82, 2.24) is 5.32 Å². The van der Waals surface area contributed by atoms with Crippen LogP contribution in [0.25, 0.3) is 0 Å². The Balaban J connectivity index is 1.99. The molecule has 0 spiro atoms. The molecule has 1 aliphatic carbocycles. The van der Waals surface area contributed by atoms with Crippen molar-refractivity contribution in [3.05, 3.63) is 0 Å². The molecule has 1 saturated carbocycles. The quantitative estimate of drug-likeness (QED) is 0.731. The molecular formula is C13H23NO2. The van der Waals surface area contributed by atoms with Gasteiger partial charge in [0, 0.05) is 0 Å². The van der Waals surface area contributed by atoms with Crippen LogP contribution in [0.4, 0.5) is 0 Å². The molecule has 2 fully saturated rings. The third-order valence-electron chi connectivity index (χ3n) is 3.67. The molecule has 1 N–H and O–H groups in total. The molecule has 0 aromatic heterocycles. The lowest BCUT2D eigenvalue weighted by Crippen LogP contribution is -2.41. The standard InChI is InChI=1S/C13H23NO2/c1-12(2,3)16-11(15)13(6-7-13)10-5-4-8-14-9-10/h10,14H,4-9H2,1-3H3. The van der Waals surface area contributed by atoms with Crippen LogP contribution in [0.3, 0.4) is 0 Å². The van der Waals surface area contributed by atoms with Crippen molar-refractivity contribution in [1.29, 1.82) is 0 Å². The van der Waals surface area contributed by atoms with Gasteiger partial charge in [-0.15, -0.1) is 0 Å². The van der Waals surface area contributed by atoms with E-state index in [1.54, 1.807) is 0 Å². The van der Waals surface area contributed by atoms with Crippen LogP contribution in [-0.2, 0) is 9.53 Å². The summed E-state index contributed by atoms with van der Waals surface area (Å²) < 4.78 is 5.55. The minimum Gasteiger partial charge on any atom is -0.460 e. The fraction of sp³-hybridized carbons (Fsp3) is 0.923. The summed E-state index contributed by atoms with van der Waals surface area (Å²) in [6.45, 7) is 7.92. The van der Waals surface area contributed by atoms with E-state index in [-0.39, 0.29) is 17.0 Å². The number of nitrogens with one attached hydrogen (secondary N) is 1. The van der Waals surface area contributed by atoms with Crippen LogP contribution in [-0.4, -0.2) is 24.7 Å². The Morgan fingerprint density at radius 2 is 2.06 bits per heavy atom. The van der Waals surface area contributed by atoms with Gasteiger partial charge in [-0.2, -0.15) is 0 Å². The second-order valence-corrected chi connectivity index (χ2v) is 6.20. The number of carbonyl (C=O) groups is 1. The van der Waals surface area contributed by atoms with Crippen LogP contribution >= 0.6 is 0 Å². The predicted octanol–water partition coefficient (Wildman–Crippen LogP) is 2.11. The molecule has 3 nitrogen and oxygen atoms in total. The van der Waals surface area contributed by atoms with E-state index in [1.165, 1.54) is 12.8 Å². The molecule has 3 heteroatoms. The molecule has 16 heavy (non-hydrogen) atoms. The van der Waals surface area contributed by atoms with Crippen LogP contribution in [0.5, 0.6) is 0 Å². The number of piperidine rings is 1. The van der Waals surface area contributed by atoms with Gasteiger partial charge in [0.15, 0.2) is 0 Å². The van der Waals surface area contributed by atoms with Gasteiger partial charge < -0.3 is 10.1 Å². The van der Waals surface area contributed by atoms with Gasteiger partial charge in [0.2, 0.25) is 0 Å². The predicted molar refractivity (Wildman–Crippen MR) is 63.1 cm³/mol. The average Bonchev–Trinajstić information content (AvgIpc) is 2.97. The monoisotopic (exact) mass is 225 g/mol. The Morgan fingerprint density at radius 3 is 2.50 bits per heavy atom. The van der Waals surface area contributed by atoms with Gasteiger partial charge >= 0.3 is 5.97 Å². The van der Waals surface area contributed by atoms with Crippen molar-refractivity contribution in [2.75, 3.05) is 13.1 Å². The third-order valence-corrected chi connectivity index (χ3v) is 3.67. The first-order valence-corrected chi connectivity index (χ1v) is 6.38. The smallest absolute Gasteiger partial charge is 0.312 e. The minimum atomic E-state index is -0.352. The summed E-state index contributed by atoms with van der Waals surface area (Å²) in [6.07, 6.45) is 4.41. The topological polar surface area (TPSA) is 38.3 Å². The molecule has 0 aromatic carbocycles. The van der Waals surface area contributed by atoms with Crippen molar-refractivity contribution in [2.45, 2.75) is 52.1 Å². The highest BCUT2D eigenvalue weighted by atomic mass is 16.6. The van der Waals surface area contributed by atoms with Gasteiger partial charge in [-0.25, -0.2) is 0 Å². The van der Waals surface area contributed by atoms with Crippen LogP contribution in [0.2, 0.25) is 0 Å². The minimum absolute atomic E-state index is 0.0358. The number of hydrogen-bond donors (Lipinski definition) is 1. The molecule has 0 radical (unpaired) electrons. The first-order chi connectivity index (χ1) is 7.44. The normalized spacial score (nSPS) is 28.6. The Bertz CT molecular complexity index is 270. The zero-order chi connectivity index (χ0) is 11.8. The summed E-state index contributed by atoms with van der Waals surface area (Å²) in [4.78, 5) is 12.2. The number of esters is 1. The maximum absolute atomic E-state index is 12.2. The number of carbonyl (C=O) groups excluding carboxylic acids is 1. The zero-order valence-electron chi connectivity index (χ0n) is 10.6. The number of hydrogen-bond acceptors (Lipinski definition) is 3. The van der Waals surface area contributed by atoms with E-state index < -0.39 is 0 Å². The van der Waals surface area contributed by atoms with E-state index in [9.17, 15) is 4.79 Å². The average molecular weight is 225 g/mol. The van der Waals surface area contributed by atoms with E-state index in [2.05, 4.69) is 5.32 Å². The summed E-state index contributed by atoms with van der Waals surface area (Å²) in [7, 11) is 0. The maximum Gasteiger partial charge on any atom is 0.312 e. The van der Waals surface area contributed by atoms with Crippen LogP contribution in [0, 0.1) is 11.3 Å². The van der Waals surface area contributed by atoms with E-state index >= 15 is 0 Å². The summed E-state index contributed by atoms with van der Waals surface area (Å²) in [5.41, 5.74) is -0.491. The second-order valence-electron chi connectivity index (χ2n) is 6.20. The second kappa shape index (κ2) is 4.02. The van der Waals surface area contributed by atoms with Gasteiger partial charge in [-0.3, -0.25) is 4.79 Å². The first kappa shape index (κ1) is 11.9. The molecule has 0 amide bonds. The van der Waals surface area contributed by atoms with Gasteiger partial charge in [0.05, 0.1) is 5.41 Å². The molecule has 0 aromatic rings. The Labute approximate surface area is 97.9 Å². The summed E-state index contributed by atoms with van der Waals surface area (Å²) in [5.74, 6) is 0.532. The summed E-state index contributed by atoms with van der Waals surface area (Å²) in [6, 6.07) is 0. The lowest BCUT2D eigenvalue weighted by molar-refractivity contribution is -0.164. The van der Waals surface area contributed by atoms with Crippen LogP contribution in [0.1, 0.15) is 46.5 Å². The van der Waals surface area contributed by atoms with E-state index in [0.717, 1.165) is 25.9 Å². The highest BCUT2D eigenvalue weighted by Gasteiger charge is 2.57. The van der Waals surface area contributed by atoms with Crippen molar-refractivity contribution in [2.24, 2.45) is 11.3 Å². The fourth-order valence-electron chi connectivity index (χ4n) is 2.62. The Morgan fingerprint density at radius 1 is 1.38 bits per heavy atom. The Hall–Kier alpha value is -0.570. The molecule has 1 saturated heterocycles. The number of ether oxygens (including phenoxy) is 1. The first-order valence-electron chi connectivity index (χ1n) is 6.38. The van der Waals surface area contributed by atoms with Crippen molar-refractivity contribution in [3.8, 4) is 0 Å². The lowest BCUT2D eigenvalue weighted by atomic mass is 9.83. The molecule has 1 aliphatic heterocycles. The summed E-state index contributed by atoms with van der Waals surface area (Å²) in [5, 5.41) is 3.39. The third kappa shape index (κ3) is 2.40. The molecule has 2 aliphatic rings.